The Balaban J connectivity index is 0.945. The predicted molar refractivity (Wildman–Crippen MR) is 257 cm³/mol. The molecular formula is C59H36N4O. The molecule has 0 saturated heterocycles. The van der Waals surface area contributed by atoms with Crippen molar-refractivity contribution >= 4 is 21.7 Å². The summed E-state index contributed by atoms with van der Waals surface area (Å²) in [6.07, 6.45) is 0. The van der Waals surface area contributed by atoms with Crippen molar-refractivity contribution in [3.8, 4) is 79.2 Å². The molecule has 0 atom stereocenters. The van der Waals surface area contributed by atoms with Crippen LogP contribution in [0.5, 0.6) is 11.5 Å². The first-order valence-electron chi connectivity index (χ1n) is 21.6. The third kappa shape index (κ3) is 5.51. The Bertz CT molecular complexity index is 3540. The zero-order chi connectivity index (χ0) is 42.2. The number of nitrogens with zero attached hydrogens (tertiary/aromatic N) is 4. The van der Waals surface area contributed by atoms with E-state index in [2.05, 4.69) is 158 Å². The minimum Gasteiger partial charge on any atom is -0.457 e. The lowest BCUT2D eigenvalue weighted by molar-refractivity contribution is 0.437. The summed E-state index contributed by atoms with van der Waals surface area (Å²) in [5, 5.41) is 3.29. The number of hydrogen-bond donors (Lipinski definition) is 0. The van der Waals surface area contributed by atoms with E-state index in [0.717, 1.165) is 83.4 Å². The fourth-order valence-electron chi connectivity index (χ4n) is 10.1. The van der Waals surface area contributed by atoms with Gasteiger partial charge in [0.05, 0.1) is 16.6 Å². The normalized spacial score (nSPS) is 12.9. The van der Waals surface area contributed by atoms with E-state index in [4.69, 9.17) is 24.7 Å². The molecule has 2 aliphatic rings. The predicted octanol–water partition coefficient (Wildman–Crippen LogP) is 14.4. The number of para-hydroxylation sites is 2. The second kappa shape index (κ2) is 14.3. The molecule has 64 heavy (non-hydrogen) atoms. The fraction of sp³-hybridized carbons (Fsp3) is 0.0169. The highest BCUT2D eigenvalue weighted by Gasteiger charge is 2.51. The molecule has 298 valence electrons. The molecule has 0 fully saturated rings. The van der Waals surface area contributed by atoms with E-state index < -0.39 is 5.41 Å². The number of benzene rings is 9. The summed E-state index contributed by atoms with van der Waals surface area (Å²) >= 11 is 0. The maximum Gasteiger partial charge on any atom is 0.164 e. The molecule has 1 aliphatic heterocycles. The van der Waals surface area contributed by atoms with Crippen LogP contribution in [-0.2, 0) is 5.41 Å². The number of aromatic nitrogens is 4. The van der Waals surface area contributed by atoms with Crippen LogP contribution in [0, 0.1) is 0 Å². The molecule has 0 N–H and O–H groups in total. The Morgan fingerprint density at radius 2 is 0.828 bits per heavy atom. The van der Waals surface area contributed by atoms with Gasteiger partial charge >= 0.3 is 0 Å². The van der Waals surface area contributed by atoms with E-state index in [-0.39, 0.29) is 0 Å². The van der Waals surface area contributed by atoms with E-state index in [1.807, 2.05) is 60.7 Å². The quantitative estimate of drug-likeness (QED) is 0.162. The lowest BCUT2D eigenvalue weighted by Gasteiger charge is -2.39. The zero-order valence-electron chi connectivity index (χ0n) is 34.5. The lowest BCUT2D eigenvalue weighted by atomic mass is 9.65. The largest absolute Gasteiger partial charge is 0.457 e. The number of fused-ring (bicyclic) bond motifs is 12. The summed E-state index contributed by atoms with van der Waals surface area (Å²) in [5.74, 6) is 3.61. The highest BCUT2D eigenvalue weighted by atomic mass is 16.5. The Labute approximate surface area is 370 Å². The molecular weight excluding hydrogens is 781 g/mol. The second-order valence-electron chi connectivity index (χ2n) is 16.5. The third-order valence-corrected chi connectivity index (χ3v) is 13.0. The molecule has 3 heterocycles. The maximum atomic E-state index is 6.95. The van der Waals surface area contributed by atoms with Gasteiger partial charge in [-0.05, 0) is 69.1 Å². The summed E-state index contributed by atoms with van der Waals surface area (Å²) in [6, 6.07) is 76.7. The average molecular weight is 817 g/mol. The van der Waals surface area contributed by atoms with Gasteiger partial charge in [-0.15, -0.1) is 0 Å². The van der Waals surface area contributed by atoms with Crippen LogP contribution in [0.3, 0.4) is 0 Å². The van der Waals surface area contributed by atoms with E-state index in [0.29, 0.717) is 17.5 Å². The summed E-state index contributed by atoms with van der Waals surface area (Å²) in [7, 11) is 0. The van der Waals surface area contributed by atoms with E-state index in [1.54, 1.807) is 0 Å². The van der Waals surface area contributed by atoms with Crippen LogP contribution in [0.4, 0.5) is 0 Å². The van der Waals surface area contributed by atoms with Crippen molar-refractivity contribution in [3.05, 3.63) is 241 Å². The molecule has 0 amide bonds. The Hall–Kier alpha value is -8.54. The monoisotopic (exact) mass is 816 g/mol. The second-order valence-corrected chi connectivity index (χ2v) is 16.5. The van der Waals surface area contributed by atoms with Crippen LogP contribution in [0.2, 0.25) is 0 Å². The topological polar surface area (TPSA) is 60.8 Å². The molecule has 5 heteroatoms. The van der Waals surface area contributed by atoms with Gasteiger partial charge in [0.1, 0.15) is 11.5 Å². The molecule has 5 nitrogen and oxygen atoms in total. The minimum absolute atomic E-state index is 0.556. The smallest absolute Gasteiger partial charge is 0.164 e. The van der Waals surface area contributed by atoms with Crippen LogP contribution in [0.15, 0.2) is 218 Å². The van der Waals surface area contributed by atoms with Gasteiger partial charge in [-0.2, -0.15) is 0 Å². The van der Waals surface area contributed by atoms with Gasteiger partial charge in [0.15, 0.2) is 17.5 Å². The van der Waals surface area contributed by atoms with Gasteiger partial charge in [0.2, 0.25) is 0 Å². The summed E-state index contributed by atoms with van der Waals surface area (Å²) < 4.78 is 6.95. The maximum absolute atomic E-state index is 6.95. The molecule has 11 aromatic rings. The molecule has 13 rings (SSSR count). The van der Waals surface area contributed by atoms with Gasteiger partial charge < -0.3 is 4.74 Å². The van der Waals surface area contributed by atoms with Crippen LogP contribution < -0.4 is 4.74 Å². The van der Waals surface area contributed by atoms with Crippen molar-refractivity contribution in [1.29, 1.82) is 0 Å². The first-order chi connectivity index (χ1) is 31.7. The van der Waals surface area contributed by atoms with Crippen LogP contribution in [0.25, 0.3) is 89.4 Å². The van der Waals surface area contributed by atoms with Crippen molar-refractivity contribution in [1.82, 2.24) is 19.9 Å². The van der Waals surface area contributed by atoms with Crippen molar-refractivity contribution < 1.29 is 4.74 Å². The third-order valence-electron chi connectivity index (χ3n) is 13.0. The summed E-state index contributed by atoms with van der Waals surface area (Å²) in [6.45, 7) is 0. The first kappa shape index (κ1) is 36.1. The lowest BCUT2D eigenvalue weighted by Crippen LogP contribution is -2.32. The highest BCUT2D eigenvalue weighted by molar-refractivity contribution is 6.12. The molecule has 9 aromatic carbocycles. The zero-order valence-corrected chi connectivity index (χ0v) is 34.5. The van der Waals surface area contributed by atoms with Crippen molar-refractivity contribution in [2.24, 2.45) is 0 Å². The van der Waals surface area contributed by atoms with Crippen molar-refractivity contribution in [2.75, 3.05) is 0 Å². The SMILES string of the molecule is c1ccc(-c2nc(-c3ccccc3)nc(-c3cccc(-c4ccc(-c5nc6ccccc6c6cc7c(cc56)Oc5ccccc5C75c6ccccc6-c6ccccc65)cc4)c3)n2)cc1. The van der Waals surface area contributed by atoms with Crippen LogP contribution in [0.1, 0.15) is 22.3 Å². The number of pyridine rings is 1. The van der Waals surface area contributed by atoms with E-state index in [9.17, 15) is 0 Å². The Kier molecular flexibility index (Phi) is 8.06. The standard InChI is InChI=1S/C59H36N4O/c1-3-16-39(17-4-1)56-61-57(40-18-5-2-6-19-40)63-58(62-56)42-21-15-20-41(34-42)37-30-32-38(33-31-37)55-47-36-54-51(35-46(47)45-24-9-13-28-52(45)60-55)59(50-27-12-14-29-53(50)64-54)48-25-10-7-22-43(48)44-23-8-11-26-49(44)59/h1-36H. The minimum atomic E-state index is -0.556. The number of rotatable bonds is 5. The Morgan fingerprint density at radius 1 is 0.297 bits per heavy atom. The molecule has 0 unspecified atom stereocenters. The van der Waals surface area contributed by atoms with Gasteiger partial charge in [0.25, 0.3) is 0 Å². The Morgan fingerprint density at radius 3 is 1.52 bits per heavy atom. The molecule has 1 spiro atoms. The van der Waals surface area contributed by atoms with E-state index >= 15 is 0 Å². The van der Waals surface area contributed by atoms with Gasteiger partial charge in [-0.25, -0.2) is 19.9 Å². The van der Waals surface area contributed by atoms with Gasteiger partial charge in [-0.3, -0.25) is 0 Å². The van der Waals surface area contributed by atoms with Crippen LogP contribution in [-0.4, -0.2) is 19.9 Å². The molecule has 0 bridgehead atoms. The fourth-order valence-corrected chi connectivity index (χ4v) is 10.1. The number of hydrogen-bond acceptors (Lipinski definition) is 5. The summed E-state index contributed by atoms with van der Waals surface area (Å²) in [4.78, 5) is 20.2. The average Bonchev–Trinajstić information content (AvgIpc) is 3.66. The first-order valence-corrected chi connectivity index (χ1v) is 21.6. The van der Waals surface area contributed by atoms with Crippen molar-refractivity contribution in [3.63, 3.8) is 0 Å². The molecule has 0 radical (unpaired) electrons. The molecule has 1 aliphatic carbocycles. The molecule has 0 saturated carbocycles. The molecule has 2 aromatic heterocycles. The highest BCUT2D eigenvalue weighted by Crippen LogP contribution is 2.62. The van der Waals surface area contributed by atoms with E-state index in [1.165, 1.54) is 22.3 Å². The summed E-state index contributed by atoms with van der Waals surface area (Å²) in [5.41, 5.74) is 14.6. The van der Waals surface area contributed by atoms with Gasteiger partial charge in [-0.1, -0.05) is 188 Å². The van der Waals surface area contributed by atoms with Gasteiger partial charge in [0, 0.05) is 44.2 Å². The van der Waals surface area contributed by atoms with Crippen molar-refractivity contribution in [2.45, 2.75) is 5.41 Å². The number of ether oxygens (including phenoxy) is 1. The van der Waals surface area contributed by atoms with Crippen LogP contribution >= 0.6 is 0 Å².